The minimum atomic E-state index is -0.410. The van der Waals surface area contributed by atoms with Gasteiger partial charge in [0, 0.05) is 11.3 Å². The van der Waals surface area contributed by atoms with E-state index in [1.807, 2.05) is 0 Å². The molecule has 0 saturated heterocycles. The molecule has 1 heterocycles. The van der Waals surface area contributed by atoms with Crippen molar-refractivity contribution >= 4 is 10.9 Å². The summed E-state index contributed by atoms with van der Waals surface area (Å²) in [7, 11) is 1.49. The van der Waals surface area contributed by atoms with Crippen molar-refractivity contribution in [2.75, 3.05) is 7.11 Å². The minimum Gasteiger partial charge on any atom is -0.496 e. The third-order valence-electron chi connectivity index (χ3n) is 3.33. The van der Waals surface area contributed by atoms with Gasteiger partial charge in [0.05, 0.1) is 18.0 Å². The van der Waals surface area contributed by atoms with Crippen LogP contribution in [0.2, 0.25) is 0 Å². The second-order valence-corrected chi connectivity index (χ2v) is 4.26. The van der Waals surface area contributed by atoms with Crippen LogP contribution in [0, 0.1) is 5.82 Å². The maximum Gasteiger partial charge on any atom is 0.196 e. The van der Waals surface area contributed by atoms with Crippen molar-refractivity contribution in [1.82, 2.24) is 4.98 Å². The van der Waals surface area contributed by atoms with E-state index in [-0.39, 0.29) is 10.9 Å². The number of halogens is 1. The Bertz CT molecular complexity index is 660. The van der Waals surface area contributed by atoms with E-state index in [0.29, 0.717) is 11.1 Å². The lowest BCUT2D eigenvalue weighted by atomic mass is 10.1. The molecule has 1 aromatic carbocycles. The molecule has 0 radical (unpaired) electrons. The number of aromatic nitrogens is 1. The molecule has 2 aromatic rings. The van der Waals surface area contributed by atoms with Gasteiger partial charge in [0.1, 0.15) is 11.6 Å². The number of aromatic amines is 1. The smallest absolute Gasteiger partial charge is 0.196 e. The molecule has 0 unspecified atom stereocenters. The molecule has 0 aliphatic heterocycles. The molecule has 17 heavy (non-hydrogen) atoms. The number of benzene rings is 1. The van der Waals surface area contributed by atoms with Gasteiger partial charge in [-0.1, -0.05) is 0 Å². The average molecular weight is 233 g/mol. The van der Waals surface area contributed by atoms with E-state index in [9.17, 15) is 9.18 Å². The molecule has 0 bridgehead atoms. The minimum absolute atomic E-state index is 0.0948. The maximum atomic E-state index is 13.7. The molecular formula is C13H12FNO2. The number of H-pyrrole nitrogens is 1. The molecule has 0 spiro atoms. The molecule has 1 aliphatic carbocycles. The van der Waals surface area contributed by atoms with Gasteiger partial charge >= 0.3 is 0 Å². The number of methoxy groups -OCH3 is 1. The normalized spacial score (nSPS) is 14.0. The summed E-state index contributed by atoms with van der Waals surface area (Å²) in [6.45, 7) is 0. The Hall–Kier alpha value is -1.84. The SMILES string of the molecule is COc1ccc(F)c2[nH]c3c(c(=O)c12)CCC3. The Balaban J connectivity index is 2.51. The monoisotopic (exact) mass is 233 g/mol. The lowest BCUT2D eigenvalue weighted by Gasteiger charge is -2.08. The molecular weight excluding hydrogens is 221 g/mol. The number of hydrogen-bond acceptors (Lipinski definition) is 2. The van der Waals surface area contributed by atoms with E-state index in [1.54, 1.807) is 0 Å². The zero-order chi connectivity index (χ0) is 12.0. The summed E-state index contributed by atoms with van der Waals surface area (Å²) in [6.07, 6.45) is 2.53. The molecule has 0 atom stereocenters. The Labute approximate surface area is 97.2 Å². The molecule has 0 saturated carbocycles. The van der Waals surface area contributed by atoms with E-state index in [0.717, 1.165) is 30.5 Å². The van der Waals surface area contributed by atoms with Crippen molar-refractivity contribution in [2.24, 2.45) is 0 Å². The van der Waals surface area contributed by atoms with Crippen LogP contribution in [-0.2, 0) is 12.8 Å². The molecule has 1 N–H and O–H groups in total. The van der Waals surface area contributed by atoms with Crippen LogP contribution in [-0.4, -0.2) is 12.1 Å². The quantitative estimate of drug-likeness (QED) is 0.820. The van der Waals surface area contributed by atoms with Crippen molar-refractivity contribution in [3.05, 3.63) is 39.4 Å². The number of nitrogens with one attached hydrogen (secondary N) is 1. The summed E-state index contributed by atoms with van der Waals surface area (Å²) in [5.41, 5.74) is 1.81. The second kappa shape index (κ2) is 3.58. The predicted octanol–water partition coefficient (Wildman–Crippen LogP) is 2.16. The zero-order valence-electron chi connectivity index (χ0n) is 9.47. The topological polar surface area (TPSA) is 42.1 Å². The van der Waals surface area contributed by atoms with E-state index >= 15 is 0 Å². The summed E-state index contributed by atoms with van der Waals surface area (Å²) >= 11 is 0. The van der Waals surface area contributed by atoms with Crippen molar-refractivity contribution in [2.45, 2.75) is 19.3 Å². The highest BCUT2D eigenvalue weighted by molar-refractivity contribution is 5.86. The van der Waals surface area contributed by atoms with Gasteiger partial charge in [-0.15, -0.1) is 0 Å². The fraction of sp³-hybridized carbons (Fsp3) is 0.308. The van der Waals surface area contributed by atoms with Crippen molar-refractivity contribution in [3.63, 3.8) is 0 Å². The third-order valence-corrected chi connectivity index (χ3v) is 3.33. The van der Waals surface area contributed by atoms with Crippen LogP contribution in [0.4, 0.5) is 4.39 Å². The van der Waals surface area contributed by atoms with Crippen LogP contribution in [0.3, 0.4) is 0 Å². The van der Waals surface area contributed by atoms with Crippen LogP contribution in [0.1, 0.15) is 17.7 Å². The summed E-state index contributed by atoms with van der Waals surface area (Å²) in [4.78, 5) is 15.3. The van der Waals surface area contributed by atoms with Gasteiger partial charge in [-0.3, -0.25) is 4.79 Å². The highest BCUT2D eigenvalue weighted by Gasteiger charge is 2.20. The molecule has 0 fully saturated rings. The summed E-state index contributed by atoms with van der Waals surface area (Å²) < 4.78 is 18.9. The van der Waals surface area contributed by atoms with Crippen LogP contribution >= 0.6 is 0 Å². The fourth-order valence-electron chi connectivity index (χ4n) is 2.51. The summed E-state index contributed by atoms with van der Waals surface area (Å²) in [5, 5.41) is 0.327. The fourth-order valence-corrected chi connectivity index (χ4v) is 2.51. The van der Waals surface area contributed by atoms with Crippen molar-refractivity contribution in [3.8, 4) is 5.75 Å². The van der Waals surface area contributed by atoms with E-state index < -0.39 is 5.82 Å². The molecule has 1 aliphatic rings. The lowest BCUT2D eigenvalue weighted by Crippen LogP contribution is -2.12. The lowest BCUT2D eigenvalue weighted by molar-refractivity contribution is 0.418. The first-order valence-corrected chi connectivity index (χ1v) is 5.62. The number of aryl methyl sites for hydroxylation is 1. The number of pyridine rings is 1. The first kappa shape index (κ1) is 10.3. The Morgan fingerprint density at radius 2 is 2.18 bits per heavy atom. The van der Waals surface area contributed by atoms with Crippen LogP contribution in [0.5, 0.6) is 5.75 Å². The van der Waals surface area contributed by atoms with Gasteiger partial charge < -0.3 is 9.72 Å². The van der Waals surface area contributed by atoms with E-state index in [1.165, 1.54) is 19.2 Å². The first-order valence-electron chi connectivity index (χ1n) is 5.62. The van der Waals surface area contributed by atoms with Gasteiger partial charge in [0.2, 0.25) is 0 Å². The second-order valence-electron chi connectivity index (χ2n) is 4.26. The molecule has 0 amide bonds. The van der Waals surface area contributed by atoms with Crippen molar-refractivity contribution in [1.29, 1.82) is 0 Å². The highest BCUT2D eigenvalue weighted by Crippen LogP contribution is 2.27. The number of ether oxygens (including phenoxy) is 1. The van der Waals surface area contributed by atoms with Crippen LogP contribution < -0.4 is 10.2 Å². The molecule has 3 nitrogen and oxygen atoms in total. The van der Waals surface area contributed by atoms with E-state index in [4.69, 9.17) is 4.74 Å². The zero-order valence-corrected chi connectivity index (χ0v) is 9.47. The predicted molar refractivity (Wildman–Crippen MR) is 63.1 cm³/mol. The van der Waals surface area contributed by atoms with Gasteiger partial charge in [0.25, 0.3) is 0 Å². The van der Waals surface area contributed by atoms with Gasteiger partial charge in [-0.2, -0.15) is 0 Å². The Morgan fingerprint density at radius 3 is 2.94 bits per heavy atom. The van der Waals surface area contributed by atoms with Crippen LogP contribution in [0.15, 0.2) is 16.9 Å². The number of rotatable bonds is 1. The van der Waals surface area contributed by atoms with Gasteiger partial charge in [-0.25, -0.2) is 4.39 Å². The first-order chi connectivity index (χ1) is 8.22. The summed E-state index contributed by atoms with van der Waals surface area (Å²) in [6, 6.07) is 2.81. The highest BCUT2D eigenvalue weighted by atomic mass is 19.1. The maximum absolute atomic E-state index is 13.7. The molecule has 3 rings (SSSR count). The largest absolute Gasteiger partial charge is 0.496 e. The average Bonchev–Trinajstić information content (AvgIpc) is 2.79. The van der Waals surface area contributed by atoms with E-state index in [2.05, 4.69) is 4.98 Å². The van der Waals surface area contributed by atoms with Crippen molar-refractivity contribution < 1.29 is 9.13 Å². The molecule has 1 aromatic heterocycles. The van der Waals surface area contributed by atoms with Gasteiger partial charge in [-0.05, 0) is 31.4 Å². The van der Waals surface area contributed by atoms with Gasteiger partial charge in [0.15, 0.2) is 5.43 Å². The standard InChI is InChI=1S/C13H12FNO2/c1-17-10-6-5-8(14)12-11(10)13(16)7-3-2-4-9(7)15-12/h5-6H,2-4H2,1H3,(H,15,16). The number of fused-ring (bicyclic) bond motifs is 2. The molecule has 4 heteroatoms. The molecule has 88 valence electrons. The Morgan fingerprint density at radius 1 is 1.35 bits per heavy atom. The van der Waals surface area contributed by atoms with Crippen LogP contribution in [0.25, 0.3) is 10.9 Å². The summed E-state index contributed by atoms with van der Waals surface area (Å²) in [5.74, 6) is 0.0185. The Kier molecular flexibility index (Phi) is 2.18. The number of hydrogen-bond donors (Lipinski definition) is 1. The third kappa shape index (κ3) is 1.37.